The van der Waals surface area contributed by atoms with E-state index in [1.807, 2.05) is 0 Å². The van der Waals surface area contributed by atoms with E-state index in [0.717, 1.165) is 0 Å². The lowest BCUT2D eigenvalue weighted by Crippen LogP contribution is -2.43. The number of carbonyl (C=O) groups excluding carboxylic acids is 1. The quantitative estimate of drug-likeness (QED) is 0.586. The number of primary amides is 1. The molecule has 0 aromatic rings. The van der Waals surface area contributed by atoms with Crippen LogP contribution in [0.3, 0.4) is 0 Å². The van der Waals surface area contributed by atoms with Gasteiger partial charge in [-0.2, -0.15) is 0 Å². The second kappa shape index (κ2) is 2.18. The van der Waals surface area contributed by atoms with Crippen LogP contribution in [0.1, 0.15) is 19.3 Å². The van der Waals surface area contributed by atoms with E-state index in [9.17, 15) is 13.6 Å². The second-order valence-corrected chi connectivity index (χ2v) is 2.59. The van der Waals surface area contributed by atoms with Crippen LogP contribution in [0.15, 0.2) is 0 Å². The summed E-state index contributed by atoms with van der Waals surface area (Å²) < 4.78 is 25.5. The maximum Gasteiger partial charge on any atom is 0.258 e. The van der Waals surface area contributed by atoms with Gasteiger partial charge in [-0.15, -0.1) is 0 Å². The molecule has 2 N–H and O–H groups in total. The highest BCUT2D eigenvalue weighted by atomic mass is 19.2. The summed E-state index contributed by atoms with van der Waals surface area (Å²) in [6, 6.07) is 0. The smallest absolute Gasteiger partial charge is 0.258 e. The van der Waals surface area contributed by atoms with Crippen molar-refractivity contribution in [3.8, 4) is 0 Å². The Morgan fingerprint density at radius 2 is 2.30 bits per heavy atom. The molecule has 2 unspecified atom stereocenters. The molecule has 10 heavy (non-hydrogen) atoms. The molecule has 0 aromatic carbocycles. The molecule has 2 nitrogen and oxygen atoms in total. The highest BCUT2D eigenvalue weighted by Crippen LogP contribution is 2.35. The van der Waals surface area contributed by atoms with Crippen molar-refractivity contribution in [2.45, 2.75) is 31.1 Å². The highest BCUT2D eigenvalue weighted by Gasteiger charge is 2.49. The van der Waals surface area contributed by atoms with E-state index < -0.39 is 17.7 Å². The SMILES string of the molecule is NC(=O)C1(F)CCCC1F. The summed E-state index contributed by atoms with van der Waals surface area (Å²) in [5.41, 5.74) is 2.29. The van der Waals surface area contributed by atoms with Gasteiger partial charge in [0.15, 0.2) is 0 Å². The minimum absolute atomic E-state index is 0.0660. The van der Waals surface area contributed by atoms with Crippen molar-refractivity contribution in [1.82, 2.24) is 0 Å². The molecule has 1 aliphatic rings. The van der Waals surface area contributed by atoms with Crippen molar-refractivity contribution in [3.63, 3.8) is 0 Å². The van der Waals surface area contributed by atoms with Gasteiger partial charge in [0, 0.05) is 0 Å². The van der Waals surface area contributed by atoms with E-state index in [4.69, 9.17) is 0 Å². The maximum atomic E-state index is 13.0. The first-order valence-corrected chi connectivity index (χ1v) is 3.20. The Labute approximate surface area is 57.4 Å². The van der Waals surface area contributed by atoms with Crippen molar-refractivity contribution in [2.24, 2.45) is 5.73 Å². The van der Waals surface area contributed by atoms with Crippen LogP contribution in [0.5, 0.6) is 0 Å². The van der Waals surface area contributed by atoms with Crippen molar-refractivity contribution in [1.29, 1.82) is 0 Å². The molecule has 1 rings (SSSR count). The van der Waals surface area contributed by atoms with E-state index in [2.05, 4.69) is 5.73 Å². The Balaban J connectivity index is 2.75. The topological polar surface area (TPSA) is 43.1 Å². The average Bonchev–Trinajstić information content (AvgIpc) is 2.15. The predicted molar refractivity (Wildman–Crippen MR) is 31.8 cm³/mol. The van der Waals surface area contributed by atoms with Gasteiger partial charge in [-0.3, -0.25) is 4.79 Å². The predicted octanol–water partition coefficient (Wildman–Crippen LogP) is 0.702. The standard InChI is InChI=1S/C6H9F2NO/c7-4-2-1-3-6(4,8)5(9)10/h4H,1-3H2,(H2,9,10). The van der Waals surface area contributed by atoms with Crippen molar-refractivity contribution in [3.05, 3.63) is 0 Å². The minimum atomic E-state index is -2.38. The summed E-state index contributed by atoms with van der Waals surface area (Å²) in [6.07, 6.45) is -1.24. The van der Waals surface area contributed by atoms with Crippen LogP contribution in [0.2, 0.25) is 0 Å². The van der Waals surface area contributed by atoms with Crippen molar-refractivity contribution < 1.29 is 13.6 Å². The third kappa shape index (κ3) is 0.874. The molecule has 58 valence electrons. The van der Waals surface area contributed by atoms with Gasteiger partial charge in [0.25, 0.3) is 5.91 Å². The van der Waals surface area contributed by atoms with Gasteiger partial charge in [-0.05, 0) is 19.3 Å². The fraction of sp³-hybridized carbons (Fsp3) is 0.833. The first-order valence-electron chi connectivity index (χ1n) is 3.20. The molecule has 0 bridgehead atoms. The lowest BCUT2D eigenvalue weighted by molar-refractivity contribution is -0.132. The summed E-state index contributed by atoms with van der Waals surface area (Å²) in [7, 11) is 0. The third-order valence-electron chi connectivity index (χ3n) is 1.90. The second-order valence-electron chi connectivity index (χ2n) is 2.59. The average molecular weight is 149 g/mol. The molecule has 0 radical (unpaired) electrons. The summed E-state index contributed by atoms with van der Waals surface area (Å²) >= 11 is 0. The van der Waals surface area contributed by atoms with E-state index >= 15 is 0 Å². The van der Waals surface area contributed by atoms with E-state index in [1.54, 1.807) is 0 Å². The molecule has 0 heterocycles. The fourth-order valence-corrected chi connectivity index (χ4v) is 1.20. The van der Waals surface area contributed by atoms with Crippen LogP contribution in [-0.4, -0.2) is 17.7 Å². The number of carbonyl (C=O) groups is 1. The zero-order valence-electron chi connectivity index (χ0n) is 5.44. The minimum Gasteiger partial charge on any atom is -0.367 e. The van der Waals surface area contributed by atoms with Crippen LogP contribution in [0, 0.1) is 0 Å². The highest BCUT2D eigenvalue weighted by molar-refractivity contribution is 5.84. The zero-order valence-corrected chi connectivity index (χ0v) is 5.44. The van der Waals surface area contributed by atoms with Gasteiger partial charge in [0.1, 0.15) is 6.17 Å². The molecule has 0 spiro atoms. The number of hydrogen-bond donors (Lipinski definition) is 1. The van der Waals surface area contributed by atoms with Gasteiger partial charge < -0.3 is 5.73 Å². The number of hydrogen-bond acceptors (Lipinski definition) is 1. The molecule has 0 aromatic heterocycles. The molecular weight excluding hydrogens is 140 g/mol. The number of alkyl halides is 2. The van der Waals surface area contributed by atoms with Crippen LogP contribution in [-0.2, 0) is 4.79 Å². The van der Waals surface area contributed by atoms with E-state index in [-0.39, 0.29) is 12.8 Å². The van der Waals surface area contributed by atoms with Crippen LogP contribution in [0.4, 0.5) is 8.78 Å². The van der Waals surface area contributed by atoms with Crippen LogP contribution >= 0.6 is 0 Å². The molecular formula is C6H9F2NO. The van der Waals surface area contributed by atoms with Crippen molar-refractivity contribution in [2.75, 3.05) is 0 Å². The van der Waals surface area contributed by atoms with Gasteiger partial charge in [-0.25, -0.2) is 8.78 Å². The Kier molecular flexibility index (Phi) is 1.62. The summed E-state index contributed by atoms with van der Waals surface area (Å²) in [4.78, 5) is 10.3. The van der Waals surface area contributed by atoms with Gasteiger partial charge in [0.2, 0.25) is 5.67 Å². The van der Waals surface area contributed by atoms with Gasteiger partial charge in [-0.1, -0.05) is 0 Å². The summed E-state index contributed by atoms with van der Waals surface area (Å²) in [5, 5.41) is 0. The molecule has 1 saturated carbocycles. The number of nitrogens with two attached hydrogens (primary N) is 1. The Hall–Kier alpha value is -0.670. The number of amides is 1. The Bertz CT molecular complexity index is 162. The van der Waals surface area contributed by atoms with Crippen LogP contribution < -0.4 is 5.73 Å². The van der Waals surface area contributed by atoms with Gasteiger partial charge >= 0.3 is 0 Å². The fourth-order valence-electron chi connectivity index (χ4n) is 1.20. The zero-order chi connectivity index (χ0) is 7.78. The lowest BCUT2D eigenvalue weighted by Gasteiger charge is -2.16. The molecule has 2 atom stereocenters. The Morgan fingerprint density at radius 3 is 2.50 bits per heavy atom. The monoisotopic (exact) mass is 149 g/mol. The van der Waals surface area contributed by atoms with E-state index in [0.29, 0.717) is 6.42 Å². The molecule has 4 heteroatoms. The summed E-state index contributed by atoms with van der Waals surface area (Å²) in [6.45, 7) is 0. The normalized spacial score (nSPS) is 40.0. The molecule has 0 saturated heterocycles. The van der Waals surface area contributed by atoms with Crippen molar-refractivity contribution >= 4 is 5.91 Å². The summed E-state index contributed by atoms with van der Waals surface area (Å²) in [5.74, 6) is -1.17. The number of halogens is 2. The molecule has 0 aliphatic heterocycles. The molecule has 1 fully saturated rings. The Morgan fingerprint density at radius 1 is 1.70 bits per heavy atom. The number of rotatable bonds is 1. The van der Waals surface area contributed by atoms with Crippen LogP contribution in [0.25, 0.3) is 0 Å². The molecule has 1 aliphatic carbocycles. The molecule has 1 amide bonds. The van der Waals surface area contributed by atoms with Gasteiger partial charge in [0.05, 0.1) is 0 Å². The largest absolute Gasteiger partial charge is 0.367 e. The third-order valence-corrected chi connectivity index (χ3v) is 1.90. The first kappa shape index (κ1) is 7.44. The lowest BCUT2D eigenvalue weighted by atomic mass is 10.0. The maximum absolute atomic E-state index is 13.0. The first-order chi connectivity index (χ1) is 4.57. The van der Waals surface area contributed by atoms with E-state index in [1.165, 1.54) is 0 Å².